The predicted octanol–water partition coefficient (Wildman–Crippen LogP) is 1.77. The molecular formula is C29H48N6O10S2. The number of esters is 1. The van der Waals surface area contributed by atoms with Crippen molar-refractivity contribution in [3.8, 4) is 0 Å². The van der Waals surface area contributed by atoms with Crippen molar-refractivity contribution in [2.24, 2.45) is 17.8 Å². The Labute approximate surface area is 276 Å². The normalized spacial score (nSPS) is 14.1. The van der Waals surface area contributed by atoms with Crippen LogP contribution >= 0.6 is 0 Å². The van der Waals surface area contributed by atoms with Crippen molar-refractivity contribution in [1.29, 1.82) is 0 Å². The van der Waals surface area contributed by atoms with Gasteiger partial charge < -0.3 is 19.9 Å². The summed E-state index contributed by atoms with van der Waals surface area (Å²) in [6, 6.07) is 3.03. The standard InChI is InChI=1S/C29H48N6O10S2/c1-8-13-30-27(36)21(9-2)19-22(29(38)44-16-10-17-46(39,40)41)18-20(3)28(37)35(7)15-14-34(6)23-11-12-24(47(42,43)33(4)5)26-25(23)31-45-32-26/h11-12,20-22H,8-10,13-19H2,1-7H3,(H,30,36)(H,39,40,41). The highest BCUT2D eigenvalue weighted by atomic mass is 32.2. The number of aromatic nitrogens is 2. The van der Waals surface area contributed by atoms with Gasteiger partial charge in [0.2, 0.25) is 21.8 Å². The molecule has 16 nitrogen and oxygen atoms in total. The molecule has 0 aliphatic carbocycles. The molecule has 47 heavy (non-hydrogen) atoms. The monoisotopic (exact) mass is 704 g/mol. The second-order valence-corrected chi connectivity index (χ2v) is 15.5. The third-order valence-corrected chi connectivity index (χ3v) is 10.5. The fraction of sp³-hybridized carbons (Fsp3) is 0.690. The van der Waals surface area contributed by atoms with Gasteiger partial charge in [-0.15, -0.1) is 0 Å². The molecule has 0 bridgehead atoms. The summed E-state index contributed by atoms with van der Waals surface area (Å²) in [6.07, 6.45) is 1.36. The number of hydrogen-bond donors (Lipinski definition) is 2. The summed E-state index contributed by atoms with van der Waals surface area (Å²) in [5.41, 5.74) is 0.895. The predicted molar refractivity (Wildman–Crippen MR) is 175 cm³/mol. The average Bonchev–Trinajstić information content (AvgIpc) is 3.50. The second kappa shape index (κ2) is 17.7. The van der Waals surface area contributed by atoms with Crippen molar-refractivity contribution in [2.75, 3.05) is 65.1 Å². The molecular weight excluding hydrogens is 656 g/mol. The molecule has 1 aromatic heterocycles. The van der Waals surface area contributed by atoms with Crippen LogP contribution in [0.5, 0.6) is 0 Å². The van der Waals surface area contributed by atoms with Gasteiger partial charge in [-0.25, -0.2) is 17.4 Å². The zero-order valence-corrected chi connectivity index (χ0v) is 29.8. The minimum Gasteiger partial charge on any atom is -0.465 e. The first-order chi connectivity index (χ1) is 21.9. The van der Waals surface area contributed by atoms with Gasteiger partial charge in [-0.05, 0) is 54.6 Å². The lowest BCUT2D eigenvalue weighted by Gasteiger charge is -2.28. The van der Waals surface area contributed by atoms with Gasteiger partial charge in [-0.3, -0.25) is 18.9 Å². The minimum absolute atomic E-state index is 0.0447. The highest BCUT2D eigenvalue weighted by Crippen LogP contribution is 2.30. The SMILES string of the molecule is CCCNC(=O)C(CC)CC(CC(C)C(=O)N(C)CCN(C)c1ccc(S(=O)(=O)N(C)C)c2nonc12)C(=O)OCCCS(=O)(=O)O. The summed E-state index contributed by atoms with van der Waals surface area (Å²) in [4.78, 5) is 42.5. The molecule has 0 spiro atoms. The lowest BCUT2D eigenvalue weighted by Crippen LogP contribution is -2.39. The topological polar surface area (TPSA) is 210 Å². The highest BCUT2D eigenvalue weighted by molar-refractivity contribution is 7.89. The number of fused-ring (bicyclic) bond motifs is 1. The Bertz CT molecular complexity index is 1580. The van der Waals surface area contributed by atoms with Crippen LogP contribution in [0.2, 0.25) is 0 Å². The Kier molecular flexibility index (Phi) is 15.0. The van der Waals surface area contributed by atoms with E-state index in [4.69, 9.17) is 13.9 Å². The van der Waals surface area contributed by atoms with Gasteiger partial charge >= 0.3 is 5.97 Å². The fourth-order valence-electron chi connectivity index (χ4n) is 4.99. The van der Waals surface area contributed by atoms with Crippen LogP contribution in [0.15, 0.2) is 21.7 Å². The Morgan fingerprint density at radius 2 is 1.64 bits per heavy atom. The first-order valence-electron chi connectivity index (χ1n) is 15.5. The summed E-state index contributed by atoms with van der Waals surface area (Å²) >= 11 is 0. The number of anilines is 1. The maximum Gasteiger partial charge on any atom is 0.308 e. The van der Waals surface area contributed by atoms with Gasteiger partial charge in [0.25, 0.3) is 10.1 Å². The molecule has 0 aliphatic rings. The quantitative estimate of drug-likeness (QED) is 0.115. The van der Waals surface area contributed by atoms with Crippen LogP contribution in [0.3, 0.4) is 0 Å². The van der Waals surface area contributed by atoms with E-state index in [1.54, 1.807) is 32.0 Å². The van der Waals surface area contributed by atoms with Crippen molar-refractivity contribution < 1.29 is 45.1 Å². The third-order valence-electron chi connectivity index (χ3n) is 7.84. The Hall–Kier alpha value is -3.35. The molecule has 266 valence electrons. The summed E-state index contributed by atoms with van der Waals surface area (Å²) in [7, 11) is -1.80. The Morgan fingerprint density at radius 3 is 2.23 bits per heavy atom. The highest BCUT2D eigenvalue weighted by Gasteiger charge is 2.32. The number of carbonyl (C=O) groups is 3. The van der Waals surface area contributed by atoms with E-state index in [0.29, 0.717) is 25.2 Å². The lowest BCUT2D eigenvalue weighted by molar-refractivity contribution is -0.150. The van der Waals surface area contributed by atoms with Gasteiger partial charge in [-0.1, -0.05) is 20.8 Å². The van der Waals surface area contributed by atoms with Gasteiger partial charge in [0.05, 0.1) is 24.0 Å². The number of nitrogens with zero attached hydrogens (tertiary/aromatic N) is 5. The first-order valence-corrected chi connectivity index (χ1v) is 18.5. The maximum absolute atomic E-state index is 13.4. The van der Waals surface area contributed by atoms with Crippen molar-refractivity contribution in [3.05, 3.63) is 12.1 Å². The van der Waals surface area contributed by atoms with E-state index in [2.05, 4.69) is 15.6 Å². The number of amides is 2. The Balaban J connectivity index is 2.13. The lowest BCUT2D eigenvalue weighted by atomic mass is 9.85. The molecule has 2 amide bonds. The van der Waals surface area contributed by atoms with E-state index >= 15 is 0 Å². The largest absolute Gasteiger partial charge is 0.465 e. The van der Waals surface area contributed by atoms with Crippen LogP contribution in [0.25, 0.3) is 11.0 Å². The van der Waals surface area contributed by atoms with Gasteiger partial charge in [0.15, 0.2) is 11.0 Å². The van der Waals surface area contributed by atoms with E-state index in [1.807, 2.05) is 13.8 Å². The van der Waals surface area contributed by atoms with Gasteiger partial charge in [0.1, 0.15) is 4.90 Å². The van der Waals surface area contributed by atoms with Crippen LogP contribution < -0.4 is 10.2 Å². The maximum atomic E-state index is 13.4. The van der Waals surface area contributed by atoms with E-state index < -0.39 is 49.6 Å². The molecule has 0 saturated heterocycles. The zero-order valence-electron chi connectivity index (χ0n) is 28.1. The summed E-state index contributed by atoms with van der Waals surface area (Å²) in [5, 5.41) is 10.6. The number of carbonyl (C=O) groups excluding carboxylic acids is 3. The van der Waals surface area contributed by atoms with Gasteiger partial charge in [0, 0.05) is 59.7 Å². The second-order valence-electron chi connectivity index (χ2n) is 11.8. The summed E-state index contributed by atoms with van der Waals surface area (Å²) < 4.78 is 67.7. The molecule has 3 atom stereocenters. The van der Waals surface area contributed by atoms with Crippen molar-refractivity contribution in [2.45, 2.75) is 57.8 Å². The number of benzene rings is 1. The molecule has 18 heteroatoms. The van der Waals surface area contributed by atoms with Crippen LogP contribution in [-0.2, 0) is 39.3 Å². The number of hydrogen-bond acceptors (Lipinski definition) is 12. The van der Waals surface area contributed by atoms with E-state index in [1.165, 1.54) is 25.1 Å². The molecule has 0 radical (unpaired) electrons. The first kappa shape index (κ1) is 39.8. The number of likely N-dealkylation sites (N-methyl/N-ethyl adjacent to an activating group) is 2. The molecule has 2 aromatic rings. The molecule has 3 unspecified atom stereocenters. The Morgan fingerprint density at radius 1 is 0.979 bits per heavy atom. The summed E-state index contributed by atoms with van der Waals surface area (Å²) in [6.45, 7) is 6.31. The number of ether oxygens (including phenoxy) is 1. The van der Waals surface area contributed by atoms with Crippen molar-refractivity contribution in [1.82, 2.24) is 24.8 Å². The van der Waals surface area contributed by atoms with Crippen LogP contribution in [0.4, 0.5) is 5.69 Å². The summed E-state index contributed by atoms with van der Waals surface area (Å²) in [5.74, 6) is -3.57. The number of sulfonamides is 1. The van der Waals surface area contributed by atoms with Crippen LogP contribution in [-0.4, -0.2) is 119 Å². The van der Waals surface area contributed by atoms with Crippen LogP contribution in [0.1, 0.15) is 52.9 Å². The zero-order chi connectivity index (χ0) is 35.5. The molecule has 1 heterocycles. The van der Waals surface area contributed by atoms with E-state index in [0.717, 1.165) is 10.7 Å². The fourth-order valence-corrected chi connectivity index (χ4v) is 6.49. The molecule has 2 N–H and O–H groups in total. The average molecular weight is 705 g/mol. The number of nitrogens with one attached hydrogen (secondary N) is 1. The number of rotatable bonds is 20. The van der Waals surface area contributed by atoms with E-state index in [-0.39, 0.29) is 60.2 Å². The van der Waals surface area contributed by atoms with Crippen molar-refractivity contribution >= 4 is 54.6 Å². The minimum atomic E-state index is -4.21. The molecule has 0 fully saturated rings. The third kappa shape index (κ3) is 11.4. The smallest absolute Gasteiger partial charge is 0.308 e. The van der Waals surface area contributed by atoms with Crippen LogP contribution in [0, 0.1) is 17.8 Å². The van der Waals surface area contributed by atoms with E-state index in [9.17, 15) is 31.2 Å². The molecule has 1 aromatic carbocycles. The molecule has 2 rings (SSSR count). The molecule has 0 saturated carbocycles. The van der Waals surface area contributed by atoms with Crippen molar-refractivity contribution in [3.63, 3.8) is 0 Å². The van der Waals surface area contributed by atoms with Gasteiger partial charge in [-0.2, -0.15) is 8.42 Å². The molecule has 0 aliphatic heterocycles.